The van der Waals surface area contributed by atoms with E-state index >= 15 is 0 Å². The number of nitrogens with one attached hydrogen (secondary N) is 1. The van der Waals surface area contributed by atoms with Gasteiger partial charge in [0.15, 0.2) is 0 Å². The van der Waals surface area contributed by atoms with Gasteiger partial charge < -0.3 is 10.4 Å². The molecule has 0 spiro atoms. The largest absolute Gasteiger partial charge is 0.396 e. The first-order chi connectivity index (χ1) is 11.6. The molecule has 128 valence electrons. The molecule has 1 aliphatic carbocycles. The lowest BCUT2D eigenvalue weighted by molar-refractivity contribution is 0.246. The summed E-state index contributed by atoms with van der Waals surface area (Å²) < 4.78 is 1.81. The second kappa shape index (κ2) is 7.51. The predicted molar refractivity (Wildman–Crippen MR) is 97.6 cm³/mol. The Morgan fingerprint density at radius 1 is 1.29 bits per heavy atom. The van der Waals surface area contributed by atoms with Gasteiger partial charge in [0, 0.05) is 30.7 Å². The van der Waals surface area contributed by atoms with E-state index in [-0.39, 0.29) is 18.6 Å². The number of halogens is 1. The maximum absolute atomic E-state index is 9.25. The van der Waals surface area contributed by atoms with E-state index < -0.39 is 0 Å². The second-order valence-corrected chi connectivity index (χ2v) is 6.97. The van der Waals surface area contributed by atoms with E-state index in [4.69, 9.17) is 16.7 Å². The van der Waals surface area contributed by atoms with Crippen LogP contribution in [0.3, 0.4) is 0 Å². The van der Waals surface area contributed by atoms with Gasteiger partial charge >= 0.3 is 0 Å². The number of nitrogens with zero attached hydrogens (tertiary/aromatic N) is 2. The van der Waals surface area contributed by atoms with Crippen LogP contribution in [0.2, 0.25) is 5.15 Å². The molecule has 2 N–H and O–H groups in total. The van der Waals surface area contributed by atoms with Crippen molar-refractivity contribution in [3.05, 3.63) is 58.9 Å². The summed E-state index contributed by atoms with van der Waals surface area (Å²) in [5.41, 5.74) is 3.05. The summed E-state index contributed by atoms with van der Waals surface area (Å²) in [6, 6.07) is 10.2. The first-order valence-electron chi connectivity index (χ1n) is 8.45. The predicted octanol–water partition coefficient (Wildman–Crippen LogP) is 3.68. The van der Waals surface area contributed by atoms with Gasteiger partial charge in [-0.15, -0.1) is 0 Å². The van der Waals surface area contributed by atoms with Crippen molar-refractivity contribution in [1.29, 1.82) is 0 Å². The van der Waals surface area contributed by atoms with Gasteiger partial charge in [0.25, 0.3) is 0 Å². The Morgan fingerprint density at radius 3 is 2.67 bits per heavy atom. The molecule has 0 saturated heterocycles. The lowest BCUT2D eigenvalue weighted by Crippen LogP contribution is -2.26. The number of para-hydroxylation sites is 1. The molecule has 0 amide bonds. The molecule has 0 fully saturated rings. The van der Waals surface area contributed by atoms with Crippen molar-refractivity contribution in [3.8, 4) is 5.69 Å². The summed E-state index contributed by atoms with van der Waals surface area (Å²) in [6.07, 6.45) is 5.14. The number of aliphatic hydroxyl groups is 1. The van der Waals surface area contributed by atoms with Gasteiger partial charge in [-0.3, -0.25) is 0 Å². The van der Waals surface area contributed by atoms with Crippen LogP contribution in [-0.4, -0.2) is 27.5 Å². The molecule has 2 aromatic rings. The van der Waals surface area contributed by atoms with E-state index in [1.165, 1.54) is 0 Å². The maximum Gasteiger partial charge on any atom is 0.137 e. The molecular weight excluding hydrogens is 322 g/mol. The topological polar surface area (TPSA) is 50.1 Å². The van der Waals surface area contributed by atoms with Crippen molar-refractivity contribution in [2.45, 2.75) is 38.8 Å². The van der Waals surface area contributed by atoms with Gasteiger partial charge in [-0.25, -0.2) is 4.68 Å². The molecule has 3 rings (SSSR count). The minimum atomic E-state index is 0.207. The Bertz CT molecular complexity index is 709. The van der Waals surface area contributed by atoms with Crippen molar-refractivity contribution in [2.75, 3.05) is 6.61 Å². The molecule has 0 saturated carbocycles. The zero-order chi connectivity index (χ0) is 17.1. The molecule has 0 radical (unpaired) electrons. The fourth-order valence-corrected chi connectivity index (χ4v) is 3.41. The second-order valence-electron chi connectivity index (χ2n) is 6.61. The lowest BCUT2D eigenvalue weighted by atomic mass is 10.1. The number of hydrogen-bond donors (Lipinski definition) is 2. The molecule has 1 aliphatic rings. The van der Waals surface area contributed by atoms with Crippen LogP contribution in [0.1, 0.15) is 37.4 Å². The third-order valence-corrected chi connectivity index (χ3v) is 4.84. The summed E-state index contributed by atoms with van der Waals surface area (Å²) in [5.74, 6) is 0.558. The summed E-state index contributed by atoms with van der Waals surface area (Å²) in [5, 5.41) is 18.2. The highest BCUT2D eigenvalue weighted by Crippen LogP contribution is 2.29. The van der Waals surface area contributed by atoms with Crippen molar-refractivity contribution < 1.29 is 5.11 Å². The van der Waals surface area contributed by atoms with Crippen molar-refractivity contribution in [2.24, 2.45) is 5.92 Å². The van der Waals surface area contributed by atoms with Gasteiger partial charge in [-0.05, 0) is 24.5 Å². The molecule has 1 aromatic carbocycles. The SMILES string of the molecule is CC(C)c1nn(-c2ccccc2)c(Cl)c1CN[C@@H]1C=C[C@H](CO)C1. The maximum atomic E-state index is 9.25. The Kier molecular flexibility index (Phi) is 5.39. The van der Waals surface area contributed by atoms with Crippen molar-refractivity contribution in [1.82, 2.24) is 15.1 Å². The van der Waals surface area contributed by atoms with Gasteiger partial charge in [0.1, 0.15) is 5.15 Å². The zero-order valence-corrected chi connectivity index (χ0v) is 14.9. The standard InChI is InChI=1S/C19H24ClN3O/c1-13(2)18-17(11-21-15-9-8-14(10-15)12-24)19(20)23(22-18)16-6-4-3-5-7-16/h3-9,13-15,21,24H,10-12H2,1-2H3/t14-,15+/m0/s1. The number of aromatic nitrogens is 2. The fourth-order valence-electron chi connectivity index (χ4n) is 3.11. The summed E-state index contributed by atoms with van der Waals surface area (Å²) >= 11 is 6.65. The normalized spacial score (nSPS) is 20.2. The quantitative estimate of drug-likeness (QED) is 0.785. The minimum Gasteiger partial charge on any atom is -0.396 e. The number of hydrogen-bond acceptors (Lipinski definition) is 3. The van der Waals surface area contributed by atoms with Crippen LogP contribution < -0.4 is 5.32 Å². The van der Waals surface area contributed by atoms with Gasteiger partial charge in [0.05, 0.1) is 11.4 Å². The highest BCUT2D eigenvalue weighted by molar-refractivity contribution is 6.30. The van der Waals surface area contributed by atoms with E-state index in [2.05, 4.69) is 31.3 Å². The fraction of sp³-hybridized carbons (Fsp3) is 0.421. The molecule has 2 atom stereocenters. The molecule has 0 unspecified atom stereocenters. The number of rotatable bonds is 6. The number of aliphatic hydroxyl groups excluding tert-OH is 1. The van der Waals surface area contributed by atoms with Crippen LogP contribution in [0, 0.1) is 5.92 Å². The first-order valence-corrected chi connectivity index (χ1v) is 8.83. The van der Waals surface area contributed by atoms with Crippen LogP contribution in [0.5, 0.6) is 0 Å². The Morgan fingerprint density at radius 2 is 2.04 bits per heavy atom. The first kappa shape index (κ1) is 17.2. The van der Waals surface area contributed by atoms with Crippen molar-refractivity contribution >= 4 is 11.6 Å². The third kappa shape index (κ3) is 3.56. The van der Waals surface area contributed by atoms with E-state index in [0.29, 0.717) is 17.6 Å². The third-order valence-electron chi connectivity index (χ3n) is 4.45. The van der Waals surface area contributed by atoms with Gasteiger partial charge in [-0.2, -0.15) is 5.10 Å². The molecule has 24 heavy (non-hydrogen) atoms. The van der Waals surface area contributed by atoms with Crippen LogP contribution in [0.4, 0.5) is 0 Å². The van der Waals surface area contributed by atoms with Crippen LogP contribution >= 0.6 is 11.6 Å². The highest BCUT2D eigenvalue weighted by atomic mass is 35.5. The van der Waals surface area contributed by atoms with Crippen LogP contribution in [0.25, 0.3) is 5.69 Å². The average molecular weight is 346 g/mol. The zero-order valence-electron chi connectivity index (χ0n) is 14.1. The summed E-state index contributed by atoms with van der Waals surface area (Å²) in [6.45, 7) is 5.15. The van der Waals surface area contributed by atoms with E-state index in [0.717, 1.165) is 23.4 Å². The Labute approximate surface area is 148 Å². The van der Waals surface area contributed by atoms with Crippen molar-refractivity contribution in [3.63, 3.8) is 0 Å². The summed E-state index contributed by atoms with van der Waals surface area (Å²) in [7, 11) is 0. The molecule has 0 bridgehead atoms. The molecule has 4 nitrogen and oxygen atoms in total. The smallest absolute Gasteiger partial charge is 0.137 e. The van der Waals surface area contributed by atoms with Gasteiger partial charge in [0.2, 0.25) is 0 Å². The Balaban J connectivity index is 1.82. The number of benzene rings is 1. The van der Waals surface area contributed by atoms with Gasteiger partial charge in [-0.1, -0.05) is 55.8 Å². The minimum absolute atomic E-state index is 0.207. The molecular formula is C19H24ClN3O. The van der Waals surface area contributed by atoms with E-state index in [9.17, 15) is 5.11 Å². The van der Waals surface area contributed by atoms with E-state index in [1.54, 1.807) is 0 Å². The molecule has 1 aromatic heterocycles. The average Bonchev–Trinajstić information content (AvgIpc) is 3.18. The van der Waals surface area contributed by atoms with Crippen LogP contribution in [0.15, 0.2) is 42.5 Å². The molecule has 1 heterocycles. The monoisotopic (exact) mass is 345 g/mol. The van der Waals surface area contributed by atoms with E-state index in [1.807, 2.05) is 35.0 Å². The highest BCUT2D eigenvalue weighted by Gasteiger charge is 2.22. The lowest BCUT2D eigenvalue weighted by Gasteiger charge is -2.13. The molecule has 0 aliphatic heterocycles. The van der Waals surface area contributed by atoms with Crippen LogP contribution in [-0.2, 0) is 6.54 Å². The summed E-state index contributed by atoms with van der Waals surface area (Å²) in [4.78, 5) is 0. The molecule has 5 heteroatoms. The Hall–Kier alpha value is -1.62.